The maximum absolute atomic E-state index is 11.6. The Morgan fingerprint density at radius 3 is 2.32 bits per heavy atom. The van der Waals surface area contributed by atoms with Gasteiger partial charge in [-0.25, -0.2) is 0 Å². The largest absolute Gasteiger partial charge is 0.393 e. The van der Waals surface area contributed by atoms with Gasteiger partial charge in [0.2, 0.25) is 0 Å². The van der Waals surface area contributed by atoms with Crippen LogP contribution in [0, 0.1) is 52.3 Å². The third-order valence-electron chi connectivity index (χ3n) is 10.7. The number of aliphatic hydroxyl groups is 2. The molecule has 4 fully saturated rings. The minimum absolute atomic E-state index is 0.0777. The van der Waals surface area contributed by atoms with Crippen molar-refractivity contribution < 1.29 is 10.2 Å². The van der Waals surface area contributed by atoms with Crippen LogP contribution in [-0.4, -0.2) is 22.4 Å². The molecule has 0 heterocycles. The van der Waals surface area contributed by atoms with Crippen LogP contribution < -0.4 is 0 Å². The van der Waals surface area contributed by atoms with E-state index >= 15 is 0 Å². The van der Waals surface area contributed by atoms with E-state index < -0.39 is 0 Å². The first-order valence-corrected chi connectivity index (χ1v) is 12.5. The van der Waals surface area contributed by atoms with Gasteiger partial charge in [-0.05, 0) is 104 Å². The van der Waals surface area contributed by atoms with Crippen LogP contribution in [-0.2, 0) is 0 Å². The summed E-state index contributed by atoms with van der Waals surface area (Å²) in [5.74, 6) is 5.11. The SMILES string of the molecule is CC(C)CCC(C)C1CCC2C3CCC4C[C@H](O)CCC4(C)[C@H]3C[C@H](O)C12C. The van der Waals surface area contributed by atoms with Crippen LogP contribution in [0.15, 0.2) is 0 Å². The summed E-state index contributed by atoms with van der Waals surface area (Å²) in [6.07, 6.45) is 11.9. The van der Waals surface area contributed by atoms with Crippen molar-refractivity contribution in [1.82, 2.24) is 0 Å². The Morgan fingerprint density at radius 1 is 0.857 bits per heavy atom. The number of hydrogen-bond acceptors (Lipinski definition) is 2. The van der Waals surface area contributed by atoms with Crippen molar-refractivity contribution in [2.45, 2.75) is 111 Å². The van der Waals surface area contributed by atoms with E-state index in [2.05, 4.69) is 34.6 Å². The van der Waals surface area contributed by atoms with Gasteiger partial charge in [-0.3, -0.25) is 0 Å². The first kappa shape index (κ1) is 21.2. The molecule has 0 amide bonds. The molecule has 28 heavy (non-hydrogen) atoms. The number of rotatable bonds is 4. The van der Waals surface area contributed by atoms with E-state index in [1.165, 1.54) is 44.9 Å². The predicted octanol–water partition coefficient (Wildman–Crippen LogP) is 6.05. The van der Waals surface area contributed by atoms with Crippen molar-refractivity contribution in [3.8, 4) is 0 Å². The Kier molecular flexibility index (Phi) is 5.71. The van der Waals surface area contributed by atoms with Crippen molar-refractivity contribution in [3.63, 3.8) is 0 Å². The van der Waals surface area contributed by atoms with Gasteiger partial charge >= 0.3 is 0 Å². The molecular formula is C26H46O2. The zero-order valence-electron chi connectivity index (χ0n) is 19.2. The maximum atomic E-state index is 11.6. The molecule has 0 aromatic carbocycles. The third kappa shape index (κ3) is 3.20. The lowest BCUT2D eigenvalue weighted by atomic mass is 9.43. The van der Waals surface area contributed by atoms with Gasteiger partial charge < -0.3 is 10.2 Å². The lowest BCUT2D eigenvalue weighted by Crippen LogP contribution is -2.58. The van der Waals surface area contributed by atoms with Crippen LogP contribution in [0.4, 0.5) is 0 Å². The number of hydrogen-bond donors (Lipinski definition) is 2. The minimum atomic E-state index is -0.129. The van der Waals surface area contributed by atoms with Gasteiger partial charge in [-0.15, -0.1) is 0 Å². The molecule has 4 saturated carbocycles. The maximum Gasteiger partial charge on any atom is 0.0602 e. The van der Waals surface area contributed by atoms with E-state index in [1.54, 1.807) is 0 Å². The topological polar surface area (TPSA) is 40.5 Å². The molecule has 0 aromatic rings. The highest BCUT2D eigenvalue weighted by Crippen LogP contribution is 2.68. The minimum Gasteiger partial charge on any atom is -0.393 e. The Bertz CT molecular complexity index is 559. The molecule has 0 aromatic heterocycles. The second kappa shape index (κ2) is 7.56. The van der Waals surface area contributed by atoms with Gasteiger partial charge in [-0.2, -0.15) is 0 Å². The van der Waals surface area contributed by atoms with Crippen molar-refractivity contribution in [2.24, 2.45) is 52.3 Å². The van der Waals surface area contributed by atoms with Crippen molar-refractivity contribution in [2.75, 3.05) is 0 Å². The summed E-state index contributed by atoms with van der Waals surface area (Å²) in [6, 6.07) is 0. The van der Waals surface area contributed by atoms with Crippen LogP contribution in [0.25, 0.3) is 0 Å². The van der Waals surface area contributed by atoms with Crippen molar-refractivity contribution >= 4 is 0 Å². The first-order valence-electron chi connectivity index (χ1n) is 12.5. The molecule has 162 valence electrons. The molecule has 7 unspecified atom stereocenters. The Hall–Kier alpha value is -0.0800. The highest BCUT2D eigenvalue weighted by atomic mass is 16.3. The Balaban J connectivity index is 1.55. The van der Waals surface area contributed by atoms with E-state index in [-0.39, 0.29) is 17.6 Å². The third-order valence-corrected chi connectivity index (χ3v) is 10.7. The van der Waals surface area contributed by atoms with Gasteiger partial charge in [-0.1, -0.05) is 47.5 Å². The average Bonchev–Trinajstić information content (AvgIpc) is 3.00. The molecule has 4 rings (SSSR count). The summed E-state index contributed by atoms with van der Waals surface area (Å²) in [4.78, 5) is 0. The van der Waals surface area contributed by atoms with Gasteiger partial charge in [0.1, 0.15) is 0 Å². The second-order valence-corrected chi connectivity index (χ2v) is 12.3. The Morgan fingerprint density at radius 2 is 1.61 bits per heavy atom. The molecule has 2 N–H and O–H groups in total. The second-order valence-electron chi connectivity index (χ2n) is 12.3. The first-order chi connectivity index (χ1) is 13.2. The summed E-state index contributed by atoms with van der Waals surface area (Å²) in [7, 11) is 0. The lowest BCUT2D eigenvalue weighted by Gasteiger charge is -2.62. The lowest BCUT2D eigenvalue weighted by molar-refractivity contribution is -0.175. The summed E-state index contributed by atoms with van der Waals surface area (Å²) in [5.41, 5.74) is 0.487. The zero-order valence-corrected chi connectivity index (χ0v) is 19.2. The van der Waals surface area contributed by atoms with Gasteiger partial charge in [0.05, 0.1) is 12.2 Å². The van der Waals surface area contributed by atoms with Crippen LogP contribution in [0.3, 0.4) is 0 Å². The number of aliphatic hydroxyl groups excluding tert-OH is 2. The van der Waals surface area contributed by atoms with E-state index in [9.17, 15) is 10.2 Å². The average molecular weight is 391 g/mol. The molecule has 10 atom stereocenters. The molecule has 0 spiro atoms. The highest BCUT2D eigenvalue weighted by Gasteiger charge is 2.63. The van der Waals surface area contributed by atoms with Crippen LogP contribution in [0.1, 0.15) is 98.8 Å². The van der Waals surface area contributed by atoms with E-state index in [0.717, 1.165) is 42.9 Å². The number of fused-ring (bicyclic) bond motifs is 5. The van der Waals surface area contributed by atoms with Gasteiger partial charge in [0.15, 0.2) is 0 Å². The van der Waals surface area contributed by atoms with Crippen molar-refractivity contribution in [3.05, 3.63) is 0 Å². The van der Waals surface area contributed by atoms with E-state index in [4.69, 9.17) is 0 Å². The fourth-order valence-electron chi connectivity index (χ4n) is 8.96. The summed E-state index contributed by atoms with van der Waals surface area (Å²) in [5, 5.41) is 21.8. The quantitative estimate of drug-likeness (QED) is 0.613. The van der Waals surface area contributed by atoms with Crippen LogP contribution >= 0.6 is 0 Å². The van der Waals surface area contributed by atoms with Crippen molar-refractivity contribution in [1.29, 1.82) is 0 Å². The monoisotopic (exact) mass is 390 g/mol. The standard InChI is InChI=1S/C26H46O2/c1-16(2)6-7-17(3)21-10-11-22-20-9-8-18-14-19(27)12-13-25(18,4)23(20)15-24(28)26(21,22)5/h16-24,27-28H,6-15H2,1-5H3/t17?,18?,19-,20?,21?,22?,23+,24+,25?,26?/m1/s1. The molecule has 4 aliphatic rings. The molecule has 4 aliphatic carbocycles. The molecule has 0 bridgehead atoms. The summed E-state index contributed by atoms with van der Waals surface area (Å²) < 4.78 is 0. The zero-order chi connectivity index (χ0) is 20.3. The fourth-order valence-corrected chi connectivity index (χ4v) is 8.96. The molecule has 0 aliphatic heterocycles. The normalized spacial score (nSPS) is 52.1. The summed E-state index contributed by atoms with van der Waals surface area (Å²) in [6.45, 7) is 12.1. The van der Waals surface area contributed by atoms with E-state index in [0.29, 0.717) is 23.2 Å². The molecule has 2 heteroatoms. The Labute approximate surface area is 173 Å². The molecule has 0 saturated heterocycles. The van der Waals surface area contributed by atoms with E-state index in [1.807, 2.05) is 0 Å². The summed E-state index contributed by atoms with van der Waals surface area (Å²) >= 11 is 0. The molecule has 0 radical (unpaired) electrons. The molecular weight excluding hydrogens is 344 g/mol. The highest BCUT2D eigenvalue weighted by molar-refractivity contribution is 5.12. The van der Waals surface area contributed by atoms with Crippen LogP contribution in [0.2, 0.25) is 0 Å². The van der Waals surface area contributed by atoms with Gasteiger partial charge in [0, 0.05) is 0 Å². The van der Waals surface area contributed by atoms with Crippen LogP contribution in [0.5, 0.6) is 0 Å². The smallest absolute Gasteiger partial charge is 0.0602 e. The molecule has 2 nitrogen and oxygen atoms in total. The fraction of sp³-hybridized carbons (Fsp3) is 1.00. The predicted molar refractivity (Wildman–Crippen MR) is 116 cm³/mol. The van der Waals surface area contributed by atoms with Gasteiger partial charge in [0.25, 0.3) is 0 Å².